The highest BCUT2D eigenvalue weighted by atomic mass is 79.9. The van der Waals surface area contributed by atoms with Crippen molar-refractivity contribution >= 4 is 61.0 Å². The van der Waals surface area contributed by atoms with E-state index in [1.807, 2.05) is 0 Å². The second-order valence-corrected chi connectivity index (χ2v) is 6.64. The number of methoxy groups -OCH3 is 1. The van der Waals surface area contributed by atoms with Crippen LogP contribution in [0, 0.1) is 0 Å². The molecule has 1 aromatic rings. The van der Waals surface area contributed by atoms with Crippen molar-refractivity contribution in [2.45, 2.75) is 11.2 Å². The molecule has 0 bridgehead atoms. The van der Waals surface area contributed by atoms with Crippen LogP contribution in [0.3, 0.4) is 0 Å². The molecule has 0 saturated carbocycles. The second-order valence-electron chi connectivity index (χ2n) is 4.08. The fraction of sp³-hybridized carbons (Fsp3) is 0.333. The molecule has 7 heteroatoms. The third kappa shape index (κ3) is 2.95. The summed E-state index contributed by atoms with van der Waals surface area (Å²) in [6.07, 6.45) is 0.397. The standard InChI is InChI=1S/C12H10Br2ClNO3/c1-19-12(18)7-3-8(14)9(15)4-10(7)16-5-6(13)2-11(16)17/h3-4,6H,2,5H2,1H3. The summed E-state index contributed by atoms with van der Waals surface area (Å²) in [6.45, 7) is 0.501. The van der Waals surface area contributed by atoms with E-state index in [1.165, 1.54) is 7.11 Å². The van der Waals surface area contributed by atoms with Crippen LogP contribution in [0.2, 0.25) is 5.02 Å². The van der Waals surface area contributed by atoms with Gasteiger partial charge in [-0.25, -0.2) is 4.79 Å². The minimum Gasteiger partial charge on any atom is -0.465 e. The molecule has 0 aromatic heterocycles. The molecular weight excluding hydrogens is 401 g/mol. The zero-order chi connectivity index (χ0) is 14.2. The van der Waals surface area contributed by atoms with Crippen LogP contribution in [0.4, 0.5) is 5.69 Å². The van der Waals surface area contributed by atoms with Gasteiger partial charge in [0.2, 0.25) is 5.91 Å². The van der Waals surface area contributed by atoms with Crippen LogP contribution in [-0.2, 0) is 9.53 Å². The van der Waals surface area contributed by atoms with Gasteiger partial charge in [0.15, 0.2) is 0 Å². The molecule has 102 valence electrons. The van der Waals surface area contributed by atoms with Gasteiger partial charge in [0.05, 0.1) is 23.4 Å². The van der Waals surface area contributed by atoms with E-state index in [4.69, 9.17) is 16.3 Å². The first kappa shape index (κ1) is 14.8. The van der Waals surface area contributed by atoms with Crippen LogP contribution >= 0.6 is 43.5 Å². The molecule has 1 saturated heterocycles. The molecule has 1 unspecified atom stereocenters. The third-order valence-electron chi connectivity index (χ3n) is 2.81. The molecule has 1 amide bonds. The first-order valence-corrected chi connectivity index (χ1v) is 7.54. The number of esters is 1. The molecule has 1 fully saturated rings. The normalized spacial score (nSPS) is 18.8. The number of rotatable bonds is 2. The van der Waals surface area contributed by atoms with Gasteiger partial charge in [0.1, 0.15) is 0 Å². The maximum Gasteiger partial charge on any atom is 0.340 e. The van der Waals surface area contributed by atoms with Gasteiger partial charge in [-0.05, 0) is 28.1 Å². The van der Waals surface area contributed by atoms with E-state index in [1.54, 1.807) is 17.0 Å². The number of halogens is 3. The Labute approximate surface area is 132 Å². The van der Waals surface area contributed by atoms with Crippen LogP contribution in [0.25, 0.3) is 0 Å². The maximum atomic E-state index is 11.9. The molecular formula is C12H10Br2ClNO3. The van der Waals surface area contributed by atoms with E-state index in [0.717, 1.165) is 0 Å². The lowest BCUT2D eigenvalue weighted by atomic mass is 10.1. The first-order valence-electron chi connectivity index (χ1n) is 5.45. The smallest absolute Gasteiger partial charge is 0.340 e. The summed E-state index contributed by atoms with van der Waals surface area (Å²) >= 11 is 12.7. The highest BCUT2D eigenvalue weighted by molar-refractivity contribution is 9.10. The summed E-state index contributed by atoms with van der Waals surface area (Å²) < 4.78 is 5.32. The number of nitrogens with zero attached hydrogens (tertiary/aromatic N) is 1. The van der Waals surface area contributed by atoms with Gasteiger partial charge in [0.25, 0.3) is 0 Å². The summed E-state index contributed by atoms with van der Waals surface area (Å²) in [5, 5.41) is 0.438. The Bertz CT molecular complexity index is 550. The Morgan fingerprint density at radius 1 is 1.53 bits per heavy atom. The Morgan fingerprint density at radius 3 is 2.74 bits per heavy atom. The van der Waals surface area contributed by atoms with Gasteiger partial charge in [-0.1, -0.05) is 27.5 Å². The first-order chi connectivity index (χ1) is 8.93. The lowest BCUT2D eigenvalue weighted by molar-refractivity contribution is -0.117. The number of carbonyl (C=O) groups is 2. The summed E-state index contributed by atoms with van der Waals surface area (Å²) in [5.41, 5.74) is 0.792. The average molecular weight is 411 g/mol. The zero-order valence-electron chi connectivity index (χ0n) is 9.95. The van der Waals surface area contributed by atoms with Gasteiger partial charge < -0.3 is 9.64 Å². The minimum atomic E-state index is -0.502. The molecule has 4 nitrogen and oxygen atoms in total. The molecule has 1 heterocycles. The quantitative estimate of drug-likeness (QED) is 0.554. The van der Waals surface area contributed by atoms with E-state index < -0.39 is 5.97 Å². The van der Waals surface area contributed by atoms with E-state index in [0.29, 0.717) is 33.7 Å². The van der Waals surface area contributed by atoms with E-state index in [-0.39, 0.29) is 10.7 Å². The number of amides is 1. The third-order valence-corrected chi connectivity index (χ3v) is 4.62. The van der Waals surface area contributed by atoms with Gasteiger partial charge in [-0.2, -0.15) is 0 Å². The van der Waals surface area contributed by atoms with Crippen molar-refractivity contribution in [3.05, 3.63) is 27.2 Å². The lowest BCUT2D eigenvalue weighted by Gasteiger charge is -2.19. The molecule has 1 aromatic carbocycles. The van der Waals surface area contributed by atoms with Gasteiger partial charge in [0, 0.05) is 22.3 Å². The second kappa shape index (κ2) is 5.81. The molecule has 0 spiro atoms. The molecule has 0 radical (unpaired) electrons. The van der Waals surface area contributed by atoms with Gasteiger partial charge >= 0.3 is 5.97 Å². The Hall–Kier alpha value is -0.590. The van der Waals surface area contributed by atoms with Crippen LogP contribution in [0.15, 0.2) is 16.6 Å². The largest absolute Gasteiger partial charge is 0.465 e. The van der Waals surface area contributed by atoms with Crippen LogP contribution in [0.5, 0.6) is 0 Å². The van der Waals surface area contributed by atoms with Crippen molar-refractivity contribution in [3.63, 3.8) is 0 Å². The lowest BCUT2D eigenvalue weighted by Crippen LogP contribution is -2.26. The number of anilines is 1. The van der Waals surface area contributed by atoms with Crippen molar-refractivity contribution < 1.29 is 14.3 Å². The molecule has 1 aliphatic heterocycles. The Kier molecular flexibility index (Phi) is 4.53. The molecule has 2 rings (SSSR count). The molecule has 1 aliphatic rings. The van der Waals surface area contributed by atoms with Gasteiger partial charge in [-0.3, -0.25) is 4.79 Å². The number of hydrogen-bond acceptors (Lipinski definition) is 3. The molecule has 1 atom stereocenters. The van der Waals surface area contributed by atoms with Crippen molar-refractivity contribution in [1.29, 1.82) is 0 Å². The number of alkyl halides is 1. The van der Waals surface area contributed by atoms with Gasteiger partial charge in [-0.15, -0.1) is 0 Å². The molecule has 0 N–H and O–H groups in total. The Balaban J connectivity index is 2.52. The molecule has 19 heavy (non-hydrogen) atoms. The summed E-state index contributed by atoms with van der Waals surface area (Å²) in [7, 11) is 1.30. The topological polar surface area (TPSA) is 46.6 Å². The fourth-order valence-electron chi connectivity index (χ4n) is 1.93. The summed E-state index contributed by atoms with van der Waals surface area (Å²) in [5.74, 6) is -0.552. The predicted molar refractivity (Wildman–Crippen MR) is 80.2 cm³/mol. The predicted octanol–water partition coefficient (Wildman–Crippen LogP) is 3.39. The van der Waals surface area contributed by atoms with Crippen LogP contribution in [-0.4, -0.2) is 30.4 Å². The van der Waals surface area contributed by atoms with Crippen molar-refractivity contribution in [2.75, 3.05) is 18.6 Å². The van der Waals surface area contributed by atoms with Crippen molar-refractivity contribution in [2.24, 2.45) is 0 Å². The SMILES string of the molecule is COC(=O)c1cc(Br)c(Cl)cc1N1CC(Br)CC1=O. The number of hydrogen-bond donors (Lipinski definition) is 0. The van der Waals surface area contributed by atoms with E-state index >= 15 is 0 Å². The highest BCUT2D eigenvalue weighted by Gasteiger charge is 2.32. The number of ether oxygens (including phenoxy) is 1. The summed E-state index contributed by atoms with van der Waals surface area (Å²) in [4.78, 5) is 25.4. The molecule has 0 aliphatic carbocycles. The zero-order valence-corrected chi connectivity index (χ0v) is 13.9. The highest BCUT2D eigenvalue weighted by Crippen LogP contribution is 2.35. The van der Waals surface area contributed by atoms with E-state index in [9.17, 15) is 9.59 Å². The maximum absolute atomic E-state index is 11.9. The van der Waals surface area contributed by atoms with Crippen LogP contribution in [0.1, 0.15) is 16.8 Å². The summed E-state index contributed by atoms with van der Waals surface area (Å²) in [6, 6.07) is 3.17. The Morgan fingerprint density at radius 2 is 2.21 bits per heavy atom. The van der Waals surface area contributed by atoms with E-state index in [2.05, 4.69) is 31.9 Å². The van der Waals surface area contributed by atoms with Crippen LogP contribution < -0.4 is 4.90 Å². The monoisotopic (exact) mass is 409 g/mol. The number of benzene rings is 1. The fourth-order valence-corrected chi connectivity index (χ4v) is 3.00. The number of carbonyl (C=O) groups excluding carboxylic acids is 2. The van der Waals surface area contributed by atoms with Crippen molar-refractivity contribution in [1.82, 2.24) is 0 Å². The van der Waals surface area contributed by atoms with Crippen molar-refractivity contribution in [3.8, 4) is 0 Å². The average Bonchev–Trinajstić information content (AvgIpc) is 2.70. The minimum absolute atomic E-state index is 0.0505.